The van der Waals surface area contributed by atoms with Gasteiger partial charge in [-0.05, 0) is 38.5 Å². The Labute approximate surface area is 115 Å². The molecule has 4 heteroatoms. The lowest BCUT2D eigenvalue weighted by molar-refractivity contribution is -0.00734. The Kier molecular flexibility index (Phi) is 7.48. The molecule has 0 amide bonds. The lowest BCUT2D eigenvalue weighted by Gasteiger charge is -2.14. The number of nitrogens with one attached hydrogen (secondary N) is 1. The molecule has 1 aromatic carbocycles. The molecule has 1 unspecified atom stereocenters. The van der Waals surface area contributed by atoms with Gasteiger partial charge in [0.05, 0.1) is 32.0 Å². The van der Waals surface area contributed by atoms with Crippen molar-refractivity contribution in [1.29, 1.82) is 0 Å². The summed E-state index contributed by atoms with van der Waals surface area (Å²) in [5.74, 6) is 0. The van der Waals surface area contributed by atoms with Gasteiger partial charge in [-0.25, -0.2) is 0 Å². The molecule has 0 aliphatic heterocycles. The van der Waals surface area contributed by atoms with Crippen LogP contribution >= 0.6 is 0 Å². The SMILES string of the molecule is Cc1cccc(NCC(O)COCCOC(C)C)c1. The number of ether oxygens (including phenoxy) is 2. The molecule has 1 atom stereocenters. The Morgan fingerprint density at radius 1 is 1.26 bits per heavy atom. The number of benzene rings is 1. The molecular weight excluding hydrogens is 242 g/mol. The maximum Gasteiger partial charge on any atom is 0.0945 e. The molecule has 2 N–H and O–H groups in total. The Bertz CT molecular complexity index is 355. The summed E-state index contributed by atoms with van der Waals surface area (Å²) in [4.78, 5) is 0. The van der Waals surface area contributed by atoms with Crippen LogP contribution in [0, 0.1) is 6.92 Å². The molecule has 108 valence electrons. The fourth-order valence-corrected chi connectivity index (χ4v) is 1.61. The van der Waals surface area contributed by atoms with Gasteiger partial charge in [0.1, 0.15) is 0 Å². The van der Waals surface area contributed by atoms with Gasteiger partial charge in [-0.3, -0.25) is 0 Å². The minimum absolute atomic E-state index is 0.219. The van der Waals surface area contributed by atoms with Crippen molar-refractivity contribution >= 4 is 5.69 Å². The maximum absolute atomic E-state index is 9.76. The standard InChI is InChI=1S/C15H25NO3/c1-12(2)19-8-7-18-11-15(17)10-16-14-6-4-5-13(3)9-14/h4-6,9,12,15-17H,7-8,10-11H2,1-3H3. The van der Waals surface area contributed by atoms with Crippen molar-refractivity contribution in [2.24, 2.45) is 0 Å². The van der Waals surface area contributed by atoms with E-state index < -0.39 is 6.10 Å². The van der Waals surface area contributed by atoms with Crippen LogP contribution in [0.15, 0.2) is 24.3 Å². The molecule has 1 aromatic rings. The van der Waals surface area contributed by atoms with Crippen LogP contribution in [-0.2, 0) is 9.47 Å². The second-order valence-electron chi connectivity index (χ2n) is 4.90. The lowest BCUT2D eigenvalue weighted by atomic mass is 10.2. The summed E-state index contributed by atoms with van der Waals surface area (Å²) in [6, 6.07) is 8.06. The highest BCUT2D eigenvalue weighted by Gasteiger charge is 2.04. The Balaban J connectivity index is 2.09. The van der Waals surface area contributed by atoms with Crippen LogP contribution in [0.4, 0.5) is 5.69 Å². The highest BCUT2D eigenvalue weighted by molar-refractivity contribution is 5.45. The van der Waals surface area contributed by atoms with Crippen LogP contribution in [0.1, 0.15) is 19.4 Å². The van der Waals surface area contributed by atoms with Crippen LogP contribution in [0.2, 0.25) is 0 Å². The van der Waals surface area contributed by atoms with Crippen molar-refractivity contribution in [2.75, 3.05) is 31.7 Å². The summed E-state index contributed by atoms with van der Waals surface area (Å²) in [6.07, 6.45) is -0.295. The first kappa shape index (κ1) is 16.0. The zero-order valence-corrected chi connectivity index (χ0v) is 12.1. The molecule has 0 spiro atoms. The minimum atomic E-state index is -0.514. The van der Waals surface area contributed by atoms with Crippen molar-refractivity contribution in [3.8, 4) is 0 Å². The topological polar surface area (TPSA) is 50.7 Å². The first-order chi connectivity index (χ1) is 9.08. The minimum Gasteiger partial charge on any atom is -0.389 e. The summed E-state index contributed by atoms with van der Waals surface area (Å²) >= 11 is 0. The third-order valence-electron chi connectivity index (χ3n) is 2.55. The van der Waals surface area contributed by atoms with E-state index >= 15 is 0 Å². The van der Waals surface area contributed by atoms with Crippen molar-refractivity contribution in [1.82, 2.24) is 0 Å². The van der Waals surface area contributed by atoms with E-state index in [2.05, 4.69) is 5.32 Å². The van der Waals surface area contributed by atoms with E-state index in [1.807, 2.05) is 45.0 Å². The Morgan fingerprint density at radius 3 is 2.74 bits per heavy atom. The van der Waals surface area contributed by atoms with E-state index in [4.69, 9.17) is 9.47 Å². The quantitative estimate of drug-likeness (QED) is 0.674. The Morgan fingerprint density at radius 2 is 2.05 bits per heavy atom. The summed E-state index contributed by atoms with van der Waals surface area (Å²) < 4.78 is 10.7. The van der Waals surface area contributed by atoms with Crippen LogP contribution in [0.5, 0.6) is 0 Å². The third kappa shape index (κ3) is 7.82. The van der Waals surface area contributed by atoms with Gasteiger partial charge in [-0.2, -0.15) is 0 Å². The molecule has 0 aliphatic carbocycles. The molecule has 0 fully saturated rings. The van der Waals surface area contributed by atoms with Crippen molar-refractivity contribution in [2.45, 2.75) is 33.0 Å². The van der Waals surface area contributed by atoms with Gasteiger partial charge in [0, 0.05) is 12.2 Å². The number of aliphatic hydroxyl groups excluding tert-OH is 1. The van der Waals surface area contributed by atoms with Crippen molar-refractivity contribution in [3.63, 3.8) is 0 Å². The maximum atomic E-state index is 9.76. The predicted molar refractivity (Wildman–Crippen MR) is 77.6 cm³/mol. The number of aryl methyl sites for hydroxylation is 1. The zero-order chi connectivity index (χ0) is 14.1. The fourth-order valence-electron chi connectivity index (χ4n) is 1.61. The molecule has 0 aliphatic rings. The number of rotatable bonds is 9. The Hall–Kier alpha value is -1.10. The average Bonchev–Trinajstić information content (AvgIpc) is 2.35. The monoisotopic (exact) mass is 267 g/mol. The first-order valence-corrected chi connectivity index (χ1v) is 6.76. The molecule has 4 nitrogen and oxygen atoms in total. The summed E-state index contributed by atoms with van der Waals surface area (Å²) in [6.45, 7) is 7.89. The molecule has 0 bridgehead atoms. The summed E-state index contributed by atoms with van der Waals surface area (Å²) in [5, 5.41) is 12.9. The highest BCUT2D eigenvalue weighted by Crippen LogP contribution is 2.09. The largest absolute Gasteiger partial charge is 0.389 e. The van der Waals surface area contributed by atoms with E-state index in [1.165, 1.54) is 5.56 Å². The van der Waals surface area contributed by atoms with Crippen LogP contribution in [-0.4, -0.2) is 43.7 Å². The number of aliphatic hydroxyl groups is 1. The van der Waals surface area contributed by atoms with E-state index in [1.54, 1.807) is 0 Å². The van der Waals surface area contributed by atoms with Gasteiger partial charge in [-0.1, -0.05) is 12.1 Å². The average molecular weight is 267 g/mol. The van der Waals surface area contributed by atoms with Gasteiger partial charge in [-0.15, -0.1) is 0 Å². The summed E-state index contributed by atoms with van der Waals surface area (Å²) in [5.41, 5.74) is 2.21. The smallest absolute Gasteiger partial charge is 0.0945 e. The second kappa shape index (κ2) is 8.91. The third-order valence-corrected chi connectivity index (χ3v) is 2.55. The lowest BCUT2D eigenvalue weighted by Crippen LogP contribution is -2.25. The van der Waals surface area contributed by atoms with E-state index in [0.29, 0.717) is 26.4 Å². The number of hydrogen-bond donors (Lipinski definition) is 2. The van der Waals surface area contributed by atoms with E-state index in [-0.39, 0.29) is 6.10 Å². The van der Waals surface area contributed by atoms with Crippen LogP contribution < -0.4 is 5.32 Å². The highest BCUT2D eigenvalue weighted by atomic mass is 16.5. The van der Waals surface area contributed by atoms with Crippen molar-refractivity contribution in [3.05, 3.63) is 29.8 Å². The molecule has 19 heavy (non-hydrogen) atoms. The van der Waals surface area contributed by atoms with Crippen LogP contribution in [0.3, 0.4) is 0 Å². The zero-order valence-electron chi connectivity index (χ0n) is 12.1. The van der Waals surface area contributed by atoms with E-state index in [9.17, 15) is 5.11 Å². The molecule has 0 saturated heterocycles. The first-order valence-electron chi connectivity index (χ1n) is 6.76. The molecule has 0 radical (unpaired) electrons. The van der Waals surface area contributed by atoms with Gasteiger partial charge in [0.2, 0.25) is 0 Å². The molecule has 0 aromatic heterocycles. The molecular formula is C15H25NO3. The summed E-state index contributed by atoms with van der Waals surface area (Å²) in [7, 11) is 0. The molecule has 1 rings (SSSR count). The normalized spacial score (nSPS) is 12.7. The van der Waals surface area contributed by atoms with Gasteiger partial charge in [0.15, 0.2) is 0 Å². The number of hydrogen-bond acceptors (Lipinski definition) is 4. The van der Waals surface area contributed by atoms with Gasteiger partial charge in [0.25, 0.3) is 0 Å². The fraction of sp³-hybridized carbons (Fsp3) is 0.600. The second-order valence-corrected chi connectivity index (χ2v) is 4.90. The van der Waals surface area contributed by atoms with Crippen LogP contribution in [0.25, 0.3) is 0 Å². The van der Waals surface area contributed by atoms with Gasteiger partial charge < -0.3 is 19.9 Å². The number of anilines is 1. The van der Waals surface area contributed by atoms with Gasteiger partial charge >= 0.3 is 0 Å². The molecule has 0 saturated carbocycles. The predicted octanol–water partition coefficient (Wildman–Crippen LogP) is 2.21. The molecule has 0 heterocycles. The van der Waals surface area contributed by atoms with E-state index in [0.717, 1.165) is 5.69 Å². The van der Waals surface area contributed by atoms with Crippen molar-refractivity contribution < 1.29 is 14.6 Å².